The molecule has 2 aliphatic rings. The van der Waals surface area contributed by atoms with Crippen LogP contribution in [0, 0.1) is 5.82 Å². The van der Waals surface area contributed by atoms with Crippen LogP contribution in [0.3, 0.4) is 0 Å². The Hall–Kier alpha value is -1.76. The Kier molecular flexibility index (Phi) is 6.63. The van der Waals surface area contributed by atoms with Gasteiger partial charge in [-0.15, -0.1) is 0 Å². The SMILES string of the molecule is CCNC(=NCC1(c2cccc(F)c2)CC1)NC1CCN(CC(F)F)CC1. The topological polar surface area (TPSA) is 39.7 Å². The van der Waals surface area contributed by atoms with Gasteiger partial charge in [-0.3, -0.25) is 9.89 Å². The van der Waals surface area contributed by atoms with Crippen molar-refractivity contribution >= 4 is 5.96 Å². The highest BCUT2D eigenvalue weighted by Gasteiger charge is 2.44. The highest BCUT2D eigenvalue weighted by molar-refractivity contribution is 5.80. The highest BCUT2D eigenvalue weighted by Crippen LogP contribution is 2.48. The van der Waals surface area contributed by atoms with Gasteiger partial charge in [0.2, 0.25) is 0 Å². The van der Waals surface area contributed by atoms with Crippen LogP contribution in [-0.2, 0) is 5.41 Å². The van der Waals surface area contributed by atoms with Gasteiger partial charge in [0, 0.05) is 31.1 Å². The maximum Gasteiger partial charge on any atom is 0.251 e. The standard InChI is InChI=1S/C20H29F3N4/c1-2-24-19(26-17-6-10-27(11-7-17)13-18(22)23)25-14-20(8-9-20)15-4-3-5-16(21)12-15/h3-5,12,17-18H,2,6-11,13-14H2,1H3,(H2,24,25,26). The lowest BCUT2D eigenvalue weighted by atomic mass is 9.96. The summed E-state index contributed by atoms with van der Waals surface area (Å²) in [7, 11) is 0. The van der Waals surface area contributed by atoms with Crippen molar-refractivity contribution in [3.05, 3.63) is 35.6 Å². The Labute approximate surface area is 159 Å². The van der Waals surface area contributed by atoms with Gasteiger partial charge in [-0.2, -0.15) is 0 Å². The number of benzene rings is 1. The molecule has 0 amide bonds. The molecule has 1 heterocycles. The molecule has 150 valence electrons. The first-order valence-corrected chi connectivity index (χ1v) is 9.82. The normalized spacial score (nSPS) is 20.7. The Morgan fingerprint density at radius 1 is 1.30 bits per heavy atom. The minimum Gasteiger partial charge on any atom is -0.357 e. The molecule has 0 radical (unpaired) electrons. The number of piperidine rings is 1. The molecule has 0 atom stereocenters. The van der Waals surface area contributed by atoms with Crippen molar-refractivity contribution in [2.45, 2.75) is 50.5 Å². The van der Waals surface area contributed by atoms with E-state index < -0.39 is 6.43 Å². The van der Waals surface area contributed by atoms with Crippen LogP contribution in [0.25, 0.3) is 0 Å². The zero-order valence-electron chi connectivity index (χ0n) is 15.9. The fourth-order valence-electron chi connectivity index (χ4n) is 3.71. The molecule has 4 nitrogen and oxygen atoms in total. The maximum absolute atomic E-state index is 13.6. The Morgan fingerprint density at radius 2 is 2.04 bits per heavy atom. The number of halogens is 3. The first-order chi connectivity index (χ1) is 13.0. The predicted molar refractivity (Wildman–Crippen MR) is 102 cm³/mol. The van der Waals surface area contributed by atoms with Gasteiger partial charge in [0.15, 0.2) is 5.96 Å². The van der Waals surface area contributed by atoms with Gasteiger partial charge in [-0.05, 0) is 50.3 Å². The molecule has 1 aromatic rings. The molecule has 1 aliphatic heterocycles. The first kappa shape index (κ1) is 20.0. The number of rotatable bonds is 7. The quantitative estimate of drug-likeness (QED) is 0.562. The zero-order valence-corrected chi connectivity index (χ0v) is 15.9. The van der Waals surface area contributed by atoms with E-state index in [1.54, 1.807) is 12.1 Å². The molecule has 2 N–H and O–H groups in total. The van der Waals surface area contributed by atoms with Gasteiger partial charge >= 0.3 is 0 Å². The van der Waals surface area contributed by atoms with Gasteiger partial charge in [0.25, 0.3) is 6.43 Å². The third-order valence-electron chi connectivity index (χ3n) is 5.50. The number of guanidine groups is 1. The van der Waals surface area contributed by atoms with Crippen LogP contribution in [0.5, 0.6) is 0 Å². The summed E-state index contributed by atoms with van der Waals surface area (Å²) in [5.74, 6) is 0.552. The third kappa shape index (κ3) is 5.61. The van der Waals surface area contributed by atoms with Gasteiger partial charge in [0.1, 0.15) is 5.82 Å². The summed E-state index contributed by atoms with van der Waals surface area (Å²) in [4.78, 5) is 6.57. The third-order valence-corrected chi connectivity index (χ3v) is 5.50. The van der Waals surface area contributed by atoms with Gasteiger partial charge in [0.05, 0.1) is 13.1 Å². The van der Waals surface area contributed by atoms with E-state index in [9.17, 15) is 13.2 Å². The monoisotopic (exact) mass is 382 g/mol. The Bertz CT molecular complexity index is 638. The number of nitrogens with one attached hydrogen (secondary N) is 2. The highest BCUT2D eigenvalue weighted by atomic mass is 19.3. The molecule has 0 aromatic heterocycles. The number of hydrogen-bond acceptors (Lipinski definition) is 2. The van der Waals surface area contributed by atoms with Crippen LogP contribution in [0.1, 0.15) is 38.2 Å². The molecule has 0 unspecified atom stereocenters. The van der Waals surface area contributed by atoms with Crippen molar-refractivity contribution in [1.82, 2.24) is 15.5 Å². The summed E-state index contributed by atoms with van der Waals surface area (Å²) in [6.45, 7) is 4.60. The number of hydrogen-bond donors (Lipinski definition) is 2. The van der Waals surface area contributed by atoms with E-state index in [4.69, 9.17) is 4.99 Å². The van der Waals surface area contributed by atoms with Crippen LogP contribution in [0.2, 0.25) is 0 Å². The van der Waals surface area contributed by atoms with Crippen molar-refractivity contribution < 1.29 is 13.2 Å². The number of likely N-dealkylation sites (tertiary alicyclic amines) is 1. The molecule has 1 aromatic carbocycles. The number of nitrogens with zero attached hydrogens (tertiary/aromatic N) is 2. The van der Waals surface area contributed by atoms with Gasteiger partial charge in [-0.25, -0.2) is 13.2 Å². The second kappa shape index (κ2) is 8.95. The fourth-order valence-corrected chi connectivity index (χ4v) is 3.71. The van der Waals surface area contributed by atoms with Crippen molar-refractivity contribution in [2.75, 3.05) is 32.7 Å². The molecule has 7 heteroatoms. The minimum absolute atomic E-state index is 0.0505. The lowest BCUT2D eigenvalue weighted by molar-refractivity contribution is 0.0744. The molecule has 3 rings (SSSR count). The summed E-state index contributed by atoms with van der Waals surface area (Å²) >= 11 is 0. The van der Waals surface area contributed by atoms with E-state index in [1.807, 2.05) is 17.9 Å². The summed E-state index contributed by atoms with van der Waals surface area (Å²) in [6.07, 6.45) is 1.42. The van der Waals surface area contributed by atoms with Crippen LogP contribution in [0.4, 0.5) is 13.2 Å². The molecule has 0 spiro atoms. The van der Waals surface area contributed by atoms with Crippen LogP contribution in [-0.4, -0.2) is 56.1 Å². The second-order valence-electron chi connectivity index (χ2n) is 7.60. The molecule has 1 saturated heterocycles. The number of alkyl halides is 2. The lowest BCUT2D eigenvalue weighted by Gasteiger charge is -2.32. The van der Waals surface area contributed by atoms with Crippen molar-refractivity contribution in [2.24, 2.45) is 4.99 Å². The Balaban J connectivity index is 1.56. The molecule has 27 heavy (non-hydrogen) atoms. The molecular formula is C20H29F3N4. The van der Waals surface area contributed by atoms with E-state index in [-0.39, 0.29) is 23.8 Å². The summed E-state index contributed by atoms with van der Waals surface area (Å²) in [6, 6.07) is 7.05. The van der Waals surface area contributed by atoms with E-state index >= 15 is 0 Å². The van der Waals surface area contributed by atoms with Crippen LogP contribution < -0.4 is 10.6 Å². The van der Waals surface area contributed by atoms with E-state index in [1.165, 1.54) is 6.07 Å². The van der Waals surface area contributed by atoms with E-state index in [2.05, 4.69) is 10.6 Å². The summed E-state index contributed by atoms with van der Waals surface area (Å²) < 4.78 is 38.6. The molecule has 1 saturated carbocycles. The largest absolute Gasteiger partial charge is 0.357 e. The fraction of sp³-hybridized carbons (Fsp3) is 0.650. The van der Waals surface area contributed by atoms with Crippen molar-refractivity contribution in [3.63, 3.8) is 0 Å². The number of aliphatic imine (C=N–C) groups is 1. The summed E-state index contributed by atoms with van der Waals surface area (Å²) in [5, 5.41) is 6.71. The maximum atomic E-state index is 13.6. The average Bonchev–Trinajstić information content (AvgIpc) is 3.42. The van der Waals surface area contributed by atoms with Crippen LogP contribution >= 0.6 is 0 Å². The van der Waals surface area contributed by atoms with E-state index in [0.717, 1.165) is 43.8 Å². The first-order valence-electron chi connectivity index (χ1n) is 9.82. The Morgan fingerprint density at radius 3 is 2.63 bits per heavy atom. The lowest BCUT2D eigenvalue weighted by Crippen LogP contribution is -2.49. The molecular weight excluding hydrogens is 353 g/mol. The van der Waals surface area contributed by atoms with E-state index in [0.29, 0.717) is 19.6 Å². The second-order valence-corrected chi connectivity index (χ2v) is 7.60. The smallest absolute Gasteiger partial charge is 0.251 e. The van der Waals surface area contributed by atoms with Crippen molar-refractivity contribution in [3.8, 4) is 0 Å². The predicted octanol–water partition coefficient (Wildman–Crippen LogP) is 3.14. The zero-order chi connectivity index (χ0) is 19.3. The van der Waals surface area contributed by atoms with Crippen LogP contribution in [0.15, 0.2) is 29.3 Å². The summed E-state index contributed by atoms with van der Waals surface area (Å²) in [5.41, 5.74) is 0.966. The molecule has 0 bridgehead atoms. The molecule has 1 aliphatic carbocycles. The minimum atomic E-state index is -2.27. The van der Waals surface area contributed by atoms with Crippen molar-refractivity contribution in [1.29, 1.82) is 0 Å². The average molecular weight is 382 g/mol. The molecule has 2 fully saturated rings. The van der Waals surface area contributed by atoms with Gasteiger partial charge < -0.3 is 10.6 Å². The van der Waals surface area contributed by atoms with Gasteiger partial charge in [-0.1, -0.05) is 12.1 Å².